The van der Waals surface area contributed by atoms with Crippen LogP contribution >= 0.6 is 11.3 Å². The molecule has 1 aliphatic rings. The third-order valence-electron chi connectivity index (χ3n) is 4.93. The van der Waals surface area contributed by atoms with Gasteiger partial charge in [0.15, 0.2) is 5.82 Å². The average Bonchev–Trinajstić information content (AvgIpc) is 3.36. The van der Waals surface area contributed by atoms with Gasteiger partial charge in [-0.1, -0.05) is 16.4 Å². The van der Waals surface area contributed by atoms with Crippen molar-refractivity contribution < 1.29 is 13.8 Å². The van der Waals surface area contributed by atoms with E-state index in [2.05, 4.69) is 20.2 Å². The number of nitrogens with zero attached hydrogens (tertiary/aromatic N) is 5. The number of rotatable bonds is 5. The predicted molar refractivity (Wildman–Crippen MR) is 104 cm³/mol. The van der Waals surface area contributed by atoms with Gasteiger partial charge in [0.2, 0.25) is 5.91 Å². The molecular weight excluding hydrogens is 378 g/mol. The Morgan fingerprint density at radius 3 is 2.82 bits per heavy atom. The molecule has 8 nitrogen and oxygen atoms in total. The fourth-order valence-electron chi connectivity index (χ4n) is 3.46. The van der Waals surface area contributed by atoms with E-state index in [0.717, 1.165) is 48.7 Å². The Morgan fingerprint density at radius 2 is 2.07 bits per heavy atom. The van der Waals surface area contributed by atoms with Crippen LogP contribution < -0.4 is 0 Å². The van der Waals surface area contributed by atoms with Crippen LogP contribution in [0.3, 0.4) is 0 Å². The van der Waals surface area contributed by atoms with Gasteiger partial charge in [-0.2, -0.15) is 4.98 Å². The second-order valence-electron chi connectivity index (χ2n) is 6.98. The molecule has 0 atom stereocenters. The highest BCUT2D eigenvalue weighted by molar-refractivity contribution is 7.10. The summed E-state index contributed by atoms with van der Waals surface area (Å²) in [7, 11) is 0. The van der Waals surface area contributed by atoms with Gasteiger partial charge in [-0.25, -0.2) is 0 Å². The average molecular weight is 401 g/mol. The maximum Gasteiger partial charge on any atom is 0.263 e. The Hall–Kier alpha value is -2.52. The number of hydrogen-bond donors (Lipinski definition) is 0. The largest absolute Gasteiger partial charge is 0.361 e. The lowest BCUT2D eigenvalue weighted by Crippen LogP contribution is -2.36. The molecule has 1 amide bonds. The van der Waals surface area contributed by atoms with Crippen LogP contribution in [0.2, 0.25) is 0 Å². The zero-order valence-electron chi connectivity index (χ0n) is 16.1. The molecule has 0 radical (unpaired) electrons. The maximum atomic E-state index is 12.5. The van der Waals surface area contributed by atoms with Crippen LogP contribution in [0.4, 0.5) is 0 Å². The molecule has 0 aliphatic carbocycles. The molecule has 0 saturated carbocycles. The maximum absolute atomic E-state index is 12.5. The summed E-state index contributed by atoms with van der Waals surface area (Å²) in [6, 6.07) is 4.00. The van der Waals surface area contributed by atoms with Crippen molar-refractivity contribution in [2.45, 2.75) is 33.2 Å². The zero-order valence-corrected chi connectivity index (χ0v) is 16.9. The van der Waals surface area contributed by atoms with Crippen LogP contribution in [0.25, 0.3) is 11.5 Å². The topological polar surface area (TPSA) is 88.5 Å². The van der Waals surface area contributed by atoms with Gasteiger partial charge in [0, 0.05) is 31.1 Å². The minimum absolute atomic E-state index is 0.199. The molecule has 1 aliphatic heterocycles. The Balaban J connectivity index is 1.35. The monoisotopic (exact) mass is 401 g/mol. The number of carbonyl (C=O) groups excluding carboxylic acids is 1. The highest BCUT2D eigenvalue weighted by Crippen LogP contribution is 2.25. The predicted octanol–water partition coefficient (Wildman–Crippen LogP) is 2.68. The summed E-state index contributed by atoms with van der Waals surface area (Å²) in [6.45, 7) is 7.49. The van der Waals surface area contributed by atoms with Crippen molar-refractivity contribution in [3.8, 4) is 11.5 Å². The minimum Gasteiger partial charge on any atom is -0.361 e. The molecule has 1 saturated heterocycles. The summed E-state index contributed by atoms with van der Waals surface area (Å²) in [4.78, 5) is 22.4. The van der Waals surface area contributed by atoms with Crippen molar-refractivity contribution in [3.63, 3.8) is 0 Å². The number of carbonyl (C=O) groups is 1. The van der Waals surface area contributed by atoms with E-state index in [1.165, 1.54) is 0 Å². The van der Waals surface area contributed by atoms with Crippen LogP contribution in [-0.4, -0.2) is 57.2 Å². The molecule has 0 unspecified atom stereocenters. The second kappa shape index (κ2) is 8.24. The van der Waals surface area contributed by atoms with E-state index in [4.69, 9.17) is 9.05 Å². The molecule has 1 fully saturated rings. The van der Waals surface area contributed by atoms with Crippen LogP contribution in [-0.2, 0) is 17.8 Å². The molecular formula is C19H23N5O3S. The van der Waals surface area contributed by atoms with Crippen molar-refractivity contribution in [1.29, 1.82) is 0 Å². The van der Waals surface area contributed by atoms with Crippen molar-refractivity contribution >= 4 is 17.2 Å². The minimum atomic E-state index is 0.199. The molecule has 0 bridgehead atoms. The van der Waals surface area contributed by atoms with E-state index in [-0.39, 0.29) is 5.91 Å². The van der Waals surface area contributed by atoms with E-state index in [1.807, 2.05) is 36.3 Å². The third-order valence-corrected chi connectivity index (χ3v) is 5.80. The first kappa shape index (κ1) is 18.8. The summed E-state index contributed by atoms with van der Waals surface area (Å²) in [5, 5.41) is 10.0. The first-order chi connectivity index (χ1) is 13.6. The lowest BCUT2D eigenvalue weighted by Gasteiger charge is -2.21. The van der Waals surface area contributed by atoms with Crippen LogP contribution in [0.1, 0.15) is 28.6 Å². The van der Waals surface area contributed by atoms with Gasteiger partial charge in [0.1, 0.15) is 11.3 Å². The van der Waals surface area contributed by atoms with E-state index >= 15 is 0 Å². The molecule has 4 heterocycles. The van der Waals surface area contributed by atoms with Gasteiger partial charge in [-0.3, -0.25) is 9.69 Å². The summed E-state index contributed by atoms with van der Waals surface area (Å²) in [5.74, 6) is 1.94. The van der Waals surface area contributed by atoms with Gasteiger partial charge >= 0.3 is 0 Å². The van der Waals surface area contributed by atoms with Crippen LogP contribution in [0, 0.1) is 13.8 Å². The van der Waals surface area contributed by atoms with Crippen LogP contribution in [0.15, 0.2) is 26.6 Å². The van der Waals surface area contributed by atoms with Gasteiger partial charge in [0.25, 0.3) is 5.89 Å². The van der Waals surface area contributed by atoms with E-state index < -0.39 is 0 Å². The summed E-state index contributed by atoms with van der Waals surface area (Å²) < 4.78 is 10.6. The molecule has 28 heavy (non-hydrogen) atoms. The third kappa shape index (κ3) is 4.15. The molecule has 9 heteroatoms. The van der Waals surface area contributed by atoms with Gasteiger partial charge in [-0.15, -0.1) is 11.3 Å². The standard InChI is InChI=1S/C19H23N5O3S/c1-13-18(14(2)26-21-13)19-20-16(22-27-19)12-23-6-4-7-24(9-8-23)17(25)11-15-5-3-10-28-15/h3,5,10H,4,6-9,11-12H2,1-2H3. The van der Waals surface area contributed by atoms with E-state index in [9.17, 15) is 4.79 Å². The van der Waals surface area contributed by atoms with Crippen molar-refractivity contribution in [1.82, 2.24) is 25.1 Å². The number of hydrogen-bond acceptors (Lipinski definition) is 8. The Morgan fingerprint density at radius 1 is 1.18 bits per heavy atom. The lowest BCUT2D eigenvalue weighted by molar-refractivity contribution is -0.130. The summed E-state index contributed by atoms with van der Waals surface area (Å²) >= 11 is 1.63. The molecule has 0 aromatic carbocycles. The fraction of sp³-hybridized carbons (Fsp3) is 0.474. The Labute approximate surface area is 167 Å². The lowest BCUT2D eigenvalue weighted by atomic mass is 10.2. The zero-order chi connectivity index (χ0) is 19.5. The van der Waals surface area contributed by atoms with Gasteiger partial charge < -0.3 is 13.9 Å². The number of thiophene rings is 1. The summed E-state index contributed by atoms with van der Waals surface area (Å²) in [6.07, 6.45) is 1.42. The van der Waals surface area contributed by atoms with E-state index in [1.54, 1.807) is 11.3 Å². The second-order valence-corrected chi connectivity index (χ2v) is 8.01. The molecule has 148 valence electrons. The number of aryl methyl sites for hydroxylation is 2. The molecule has 0 N–H and O–H groups in total. The molecule has 3 aromatic rings. The molecule has 4 rings (SSSR count). The first-order valence-corrected chi connectivity index (χ1v) is 10.3. The highest BCUT2D eigenvalue weighted by atomic mass is 32.1. The summed E-state index contributed by atoms with van der Waals surface area (Å²) in [5.41, 5.74) is 1.50. The van der Waals surface area contributed by atoms with E-state index in [0.29, 0.717) is 30.4 Å². The highest BCUT2D eigenvalue weighted by Gasteiger charge is 2.22. The first-order valence-electron chi connectivity index (χ1n) is 9.38. The van der Waals surface area contributed by atoms with Gasteiger partial charge in [0.05, 0.1) is 18.7 Å². The Bertz CT molecular complexity index is 914. The van der Waals surface area contributed by atoms with Crippen molar-refractivity contribution in [3.05, 3.63) is 39.7 Å². The fourth-order valence-corrected chi connectivity index (χ4v) is 4.16. The molecule has 0 spiro atoms. The smallest absolute Gasteiger partial charge is 0.263 e. The van der Waals surface area contributed by atoms with Gasteiger partial charge in [-0.05, 0) is 31.7 Å². The SMILES string of the molecule is Cc1noc(C)c1-c1nc(CN2CCCN(C(=O)Cc3cccs3)CC2)no1. The van der Waals surface area contributed by atoms with Crippen LogP contribution in [0.5, 0.6) is 0 Å². The van der Waals surface area contributed by atoms with Crippen molar-refractivity contribution in [2.24, 2.45) is 0 Å². The van der Waals surface area contributed by atoms with Crippen molar-refractivity contribution in [2.75, 3.05) is 26.2 Å². The number of aromatic nitrogens is 3. The number of amides is 1. The Kier molecular flexibility index (Phi) is 5.54. The quantitative estimate of drug-likeness (QED) is 0.649. The molecule has 3 aromatic heterocycles. The normalized spacial score (nSPS) is 15.7.